The van der Waals surface area contributed by atoms with Gasteiger partial charge in [-0.25, -0.2) is 14.4 Å². The zero-order valence-electron chi connectivity index (χ0n) is 18.0. The van der Waals surface area contributed by atoms with Gasteiger partial charge in [-0.15, -0.1) is 0 Å². The van der Waals surface area contributed by atoms with Crippen LogP contribution in [0.5, 0.6) is 11.5 Å². The fourth-order valence-corrected chi connectivity index (χ4v) is 3.17. The van der Waals surface area contributed by atoms with Gasteiger partial charge in [0.05, 0.1) is 19.9 Å². The molecule has 0 atom stereocenters. The number of amides is 1. The van der Waals surface area contributed by atoms with Crippen molar-refractivity contribution in [2.45, 2.75) is 0 Å². The average Bonchev–Trinajstić information content (AvgIpc) is 2.84. The third-order valence-electron chi connectivity index (χ3n) is 4.81. The Morgan fingerprint density at radius 1 is 0.848 bits per heavy atom. The normalized spacial score (nSPS) is 10.4. The van der Waals surface area contributed by atoms with Crippen molar-refractivity contribution in [3.63, 3.8) is 0 Å². The van der Waals surface area contributed by atoms with Crippen molar-refractivity contribution >= 4 is 23.1 Å². The smallest absolute Gasteiger partial charge is 0.255 e. The fourth-order valence-electron chi connectivity index (χ4n) is 3.17. The van der Waals surface area contributed by atoms with Gasteiger partial charge in [0, 0.05) is 46.8 Å². The molecular formula is C25H21FN4O3. The summed E-state index contributed by atoms with van der Waals surface area (Å²) in [6.45, 7) is 0. The van der Waals surface area contributed by atoms with Crippen LogP contribution in [0.25, 0.3) is 11.3 Å². The minimum Gasteiger partial charge on any atom is -0.497 e. The summed E-state index contributed by atoms with van der Waals surface area (Å²) < 4.78 is 23.7. The van der Waals surface area contributed by atoms with E-state index in [1.165, 1.54) is 18.5 Å². The van der Waals surface area contributed by atoms with Crippen LogP contribution in [0, 0.1) is 5.82 Å². The zero-order valence-corrected chi connectivity index (χ0v) is 18.0. The summed E-state index contributed by atoms with van der Waals surface area (Å²) in [5, 5.41) is 6.03. The van der Waals surface area contributed by atoms with Gasteiger partial charge in [-0.3, -0.25) is 4.79 Å². The quantitative estimate of drug-likeness (QED) is 0.403. The van der Waals surface area contributed by atoms with E-state index in [2.05, 4.69) is 20.6 Å². The highest BCUT2D eigenvalue weighted by Crippen LogP contribution is 2.27. The standard InChI is InChI=1S/C25H21FN4O3/c1-32-21-11-20(12-22(13-21)33-2)30-25(31)17-4-3-5-19(10-17)29-24-14-23(27-15-28-24)16-6-8-18(26)9-7-16/h3-15H,1-2H3,(H,30,31)(H,27,28,29). The van der Waals surface area contributed by atoms with E-state index >= 15 is 0 Å². The Hall–Kier alpha value is -4.46. The van der Waals surface area contributed by atoms with Gasteiger partial charge < -0.3 is 20.1 Å². The Morgan fingerprint density at radius 2 is 1.58 bits per heavy atom. The van der Waals surface area contributed by atoms with Crippen molar-refractivity contribution in [2.24, 2.45) is 0 Å². The molecule has 1 amide bonds. The summed E-state index contributed by atoms with van der Waals surface area (Å²) in [4.78, 5) is 21.3. The molecule has 4 rings (SSSR count). The highest BCUT2D eigenvalue weighted by Gasteiger charge is 2.10. The highest BCUT2D eigenvalue weighted by atomic mass is 19.1. The molecule has 0 aliphatic heterocycles. The third-order valence-corrected chi connectivity index (χ3v) is 4.81. The number of nitrogens with one attached hydrogen (secondary N) is 2. The highest BCUT2D eigenvalue weighted by molar-refractivity contribution is 6.05. The van der Waals surface area contributed by atoms with Crippen molar-refractivity contribution in [3.05, 3.63) is 90.5 Å². The Kier molecular flexibility index (Phi) is 6.45. The molecule has 0 saturated heterocycles. The SMILES string of the molecule is COc1cc(NC(=O)c2cccc(Nc3cc(-c4ccc(F)cc4)ncn3)c2)cc(OC)c1. The molecule has 4 aromatic rings. The summed E-state index contributed by atoms with van der Waals surface area (Å²) in [6.07, 6.45) is 1.42. The summed E-state index contributed by atoms with van der Waals surface area (Å²) >= 11 is 0. The molecule has 7 nitrogen and oxygen atoms in total. The van der Waals surface area contributed by atoms with Gasteiger partial charge in [-0.2, -0.15) is 0 Å². The number of benzene rings is 3. The Morgan fingerprint density at radius 3 is 2.27 bits per heavy atom. The van der Waals surface area contributed by atoms with E-state index in [1.54, 1.807) is 68.8 Å². The number of carbonyl (C=O) groups excluding carboxylic acids is 1. The molecule has 3 aromatic carbocycles. The van der Waals surface area contributed by atoms with Crippen LogP contribution in [0.4, 0.5) is 21.6 Å². The number of hydrogen-bond acceptors (Lipinski definition) is 6. The first-order valence-electron chi connectivity index (χ1n) is 10.0. The molecule has 8 heteroatoms. The minimum absolute atomic E-state index is 0.288. The first-order chi connectivity index (χ1) is 16.0. The van der Waals surface area contributed by atoms with Crippen LogP contribution in [-0.4, -0.2) is 30.1 Å². The Labute approximate surface area is 190 Å². The zero-order chi connectivity index (χ0) is 23.2. The number of carbonyl (C=O) groups is 1. The van der Waals surface area contributed by atoms with Gasteiger partial charge in [0.2, 0.25) is 0 Å². The molecule has 33 heavy (non-hydrogen) atoms. The van der Waals surface area contributed by atoms with Crippen LogP contribution in [0.1, 0.15) is 10.4 Å². The molecule has 1 heterocycles. The molecule has 2 N–H and O–H groups in total. The van der Waals surface area contributed by atoms with Gasteiger partial charge in [-0.05, 0) is 42.5 Å². The maximum atomic E-state index is 13.2. The van der Waals surface area contributed by atoms with E-state index in [0.29, 0.717) is 39.9 Å². The van der Waals surface area contributed by atoms with E-state index in [-0.39, 0.29) is 11.7 Å². The molecular weight excluding hydrogens is 423 g/mol. The first-order valence-corrected chi connectivity index (χ1v) is 10.0. The van der Waals surface area contributed by atoms with Crippen LogP contribution < -0.4 is 20.1 Å². The molecule has 0 radical (unpaired) electrons. The maximum absolute atomic E-state index is 13.2. The van der Waals surface area contributed by atoms with Crippen LogP contribution in [-0.2, 0) is 0 Å². The first kappa shape index (κ1) is 21.8. The second-order valence-corrected chi connectivity index (χ2v) is 7.06. The monoisotopic (exact) mass is 444 g/mol. The topological polar surface area (TPSA) is 85.4 Å². The number of methoxy groups -OCH3 is 2. The van der Waals surface area contributed by atoms with E-state index in [4.69, 9.17) is 9.47 Å². The largest absolute Gasteiger partial charge is 0.497 e. The van der Waals surface area contributed by atoms with Crippen molar-refractivity contribution in [2.75, 3.05) is 24.9 Å². The van der Waals surface area contributed by atoms with E-state index in [0.717, 1.165) is 5.56 Å². The van der Waals surface area contributed by atoms with Crippen molar-refractivity contribution < 1.29 is 18.7 Å². The molecule has 0 fully saturated rings. The van der Waals surface area contributed by atoms with Crippen molar-refractivity contribution in [1.82, 2.24) is 9.97 Å². The van der Waals surface area contributed by atoms with E-state index in [1.807, 2.05) is 6.07 Å². The third kappa shape index (κ3) is 5.43. The summed E-state index contributed by atoms with van der Waals surface area (Å²) in [7, 11) is 3.09. The van der Waals surface area contributed by atoms with Crippen LogP contribution >= 0.6 is 0 Å². The predicted molar refractivity (Wildman–Crippen MR) is 125 cm³/mol. The molecule has 0 spiro atoms. The van der Waals surface area contributed by atoms with Gasteiger partial charge in [0.15, 0.2) is 0 Å². The molecule has 1 aromatic heterocycles. The lowest BCUT2D eigenvalue weighted by Crippen LogP contribution is -2.12. The number of hydrogen-bond donors (Lipinski definition) is 2. The maximum Gasteiger partial charge on any atom is 0.255 e. The van der Waals surface area contributed by atoms with Crippen LogP contribution in [0.2, 0.25) is 0 Å². The Balaban J connectivity index is 1.51. The van der Waals surface area contributed by atoms with Crippen molar-refractivity contribution in [1.29, 1.82) is 0 Å². The molecule has 0 saturated carbocycles. The summed E-state index contributed by atoms with van der Waals surface area (Å²) in [5.41, 5.74) is 3.09. The number of anilines is 3. The number of rotatable bonds is 7. The second kappa shape index (κ2) is 9.78. The van der Waals surface area contributed by atoms with Gasteiger partial charge >= 0.3 is 0 Å². The molecule has 0 unspecified atom stereocenters. The fraction of sp³-hybridized carbons (Fsp3) is 0.0800. The Bertz CT molecular complexity index is 1260. The lowest BCUT2D eigenvalue weighted by Gasteiger charge is -2.11. The lowest BCUT2D eigenvalue weighted by atomic mass is 10.1. The van der Waals surface area contributed by atoms with Gasteiger partial charge in [0.25, 0.3) is 5.91 Å². The minimum atomic E-state index is -0.311. The molecule has 0 aliphatic rings. The summed E-state index contributed by atoms with van der Waals surface area (Å²) in [6, 6.07) is 20.0. The van der Waals surface area contributed by atoms with Gasteiger partial charge in [0.1, 0.15) is 29.5 Å². The number of aromatic nitrogens is 2. The van der Waals surface area contributed by atoms with E-state index < -0.39 is 0 Å². The van der Waals surface area contributed by atoms with Gasteiger partial charge in [-0.1, -0.05) is 6.07 Å². The average molecular weight is 444 g/mol. The molecule has 166 valence electrons. The second-order valence-electron chi connectivity index (χ2n) is 7.06. The molecule has 0 bridgehead atoms. The summed E-state index contributed by atoms with van der Waals surface area (Å²) in [5.74, 6) is 1.08. The number of ether oxygens (including phenoxy) is 2. The van der Waals surface area contributed by atoms with Crippen LogP contribution in [0.15, 0.2) is 79.1 Å². The van der Waals surface area contributed by atoms with Crippen molar-refractivity contribution in [3.8, 4) is 22.8 Å². The number of nitrogens with zero attached hydrogens (tertiary/aromatic N) is 2. The predicted octanol–water partition coefficient (Wildman–Crippen LogP) is 5.30. The van der Waals surface area contributed by atoms with Crippen LogP contribution in [0.3, 0.4) is 0 Å². The lowest BCUT2D eigenvalue weighted by molar-refractivity contribution is 0.102. The number of halogens is 1. The van der Waals surface area contributed by atoms with E-state index in [9.17, 15) is 9.18 Å². The molecule has 0 aliphatic carbocycles.